The van der Waals surface area contributed by atoms with Crippen molar-refractivity contribution in [3.8, 4) is 0 Å². The fraction of sp³-hybridized carbons (Fsp3) is 0.471. The van der Waals surface area contributed by atoms with Crippen LogP contribution in [-0.4, -0.2) is 16.1 Å². The Labute approximate surface area is 121 Å². The molecule has 1 aromatic carbocycles. The van der Waals surface area contributed by atoms with Gasteiger partial charge in [0.1, 0.15) is 0 Å². The van der Waals surface area contributed by atoms with E-state index in [1.807, 2.05) is 12.5 Å². The molecular weight excluding hydrogens is 246 g/mol. The first-order valence-electron chi connectivity index (χ1n) is 7.63. The van der Waals surface area contributed by atoms with Crippen LogP contribution in [-0.2, 0) is 6.42 Å². The number of hydrogen-bond donors (Lipinski definition) is 1. The Morgan fingerprint density at radius 3 is 2.95 bits per heavy atom. The number of hydrogen-bond acceptors (Lipinski definition) is 2. The fourth-order valence-corrected chi connectivity index (χ4v) is 3.05. The molecule has 2 heterocycles. The Morgan fingerprint density at radius 1 is 1.35 bits per heavy atom. The van der Waals surface area contributed by atoms with Gasteiger partial charge in [0.15, 0.2) is 0 Å². The molecule has 0 saturated carbocycles. The lowest BCUT2D eigenvalue weighted by Crippen LogP contribution is -2.18. The van der Waals surface area contributed by atoms with E-state index in [1.54, 1.807) is 0 Å². The highest BCUT2D eigenvalue weighted by atomic mass is 15.1. The quantitative estimate of drug-likeness (QED) is 0.900. The van der Waals surface area contributed by atoms with Gasteiger partial charge in [-0.15, -0.1) is 0 Å². The monoisotopic (exact) mass is 269 g/mol. The minimum atomic E-state index is 0.495. The molecule has 2 aromatic rings. The van der Waals surface area contributed by atoms with Crippen LogP contribution in [0.15, 0.2) is 42.9 Å². The van der Waals surface area contributed by atoms with Crippen LogP contribution in [0.3, 0.4) is 0 Å². The van der Waals surface area contributed by atoms with Crippen molar-refractivity contribution in [1.29, 1.82) is 0 Å². The van der Waals surface area contributed by atoms with Gasteiger partial charge in [0.2, 0.25) is 0 Å². The Bertz CT molecular complexity index is 526. The zero-order valence-corrected chi connectivity index (χ0v) is 12.1. The van der Waals surface area contributed by atoms with Crippen LogP contribution >= 0.6 is 0 Å². The maximum atomic E-state index is 4.37. The largest absolute Gasteiger partial charge is 0.330 e. The molecule has 20 heavy (non-hydrogen) atoms. The van der Waals surface area contributed by atoms with Crippen molar-refractivity contribution in [2.24, 2.45) is 0 Å². The van der Waals surface area contributed by atoms with E-state index in [4.69, 9.17) is 0 Å². The minimum Gasteiger partial charge on any atom is -0.330 e. The number of rotatable bonds is 5. The second-order valence-electron chi connectivity index (χ2n) is 5.75. The summed E-state index contributed by atoms with van der Waals surface area (Å²) in [5.74, 6) is 0. The topological polar surface area (TPSA) is 29.9 Å². The zero-order chi connectivity index (χ0) is 13.8. The summed E-state index contributed by atoms with van der Waals surface area (Å²) in [6.07, 6.45) is 8.80. The van der Waals surface area contributed by atoms with Gasteiger partial charge in [0.25, 0.3) is 0 Å². The Balaban J connectivity index is 1.65. The lowest BCUT2D eigenvalue weighted by atomic mass is 10.1. The maximum Gasteiger partial charge on any atom is 0.0951 e. The highest BCUT2D eigenvalue weighted by molar-refractivity contribution is 5.15. The molecular formula is C17H23N3. The summed E-state index contributed by atoms with van der Waals surface area (Å²) >= 11 is 0. The van der Waals surface area contributed by atoms with Crippen LogP contribution in [0.1, 0.15) is 49.5 Å². The van der Waals surface area contributed by atoms with Gasteiger partial charge in [-0.05, 0) is 44.7 Å². The first-order valence-corrected chi connectivity index (χ1v) is 7.63. The van der Waals surface area contributed by atoms with Crippen molar-refractivity contribution in [2.45, 2.75) is 44.7 Å². The van der Waals surface area contributed by atoms with Gasteiger partial charge in [0, 0.05) is 18.3 Å². The summed E-state index contributed by atoms with van der Waals surface area (Å²) in [6.45, 7) is 3.43. The number of nitrogens with zero attached hydrogens (tertiary/aromatic N) is 2. The van der Waals surface area contributed by atoms with Crippen LogP contribution in [0.5, 0.6) is 0 Å². The summed E-state index contributed by atoms with van der Waals surface area (Å²) in [5, 5.41) is 3.57. The van der Waals surface area contributed by atoms with Gasteiger partial charge < -0.3 is 9.88 Å². The third kappa shape index (κ3) is 2.93. The van der Waals surface area contributed by atoms with Crippen LogP contribution in [0.4, 0.5) is 0 Å². The van der Waals surface area contributed by atoms with Crippen molar-refractivity contribution in [3.63, 3.8) is 0 Å². The number of nitrogens with one attached hydrogen (secondary N) is 1. The highest BCUT2D eigenvalue weighted by Gasteiger charge is 2.21. The first kappa shape index (κ1) is 13.4. The number of imidazole rings is 1. The van der Waals surface area contributed by atoms with Gasteiger partial charge in [-0.2, -0.15) is 0 Å². The van der Waals surface area contributed by atoms with Crippen molar-refractivity contribution in [2.75, 3.05) is 6.54 Å². The number of aryl methyl sites for hydroxylation is 1. The molecule has 2 unspecified atom stereocenters. The number of aromatic nitrogens is 2. The average molecular weight is 269 g/mol. The van der Waals surface area contributed by atoms with E-state index in [9.17, 15) is 0 Å². The molecule has 3 heteroatoms. The summed E-state index contributed by atoms with van der Waals surface area (Å²) in [7, 11) is 0. The van der Waals surface area contributed by atoms with E-state index in [1.165, 1.54) is 24.1 Å². The van der Waals surface area contributed by atoms with Crippen LogP contribution in [0, 0.1) is 0 Å². The molecule has 1 aromatic heterocycles. The molecule has 0 aliphatic carbocycles. The molecule has 0 radical (unpaired) electrons. The van der Waals surface area contributed by atoms with Crippen molar-refractivity contribution in [1.82, 2.24) is 14.9 Å². The van der Waals surface area contributed by atoms with E-state index >= 15 is 0 Å². The van der Waals surface area contributed by atoms with E-state index in [0.29, 0.717) is 12.1 Å². The van der Waals surface area contributed by atoms with Crippen molar-refractivity contribution < 1.29 is 0 Å². The van der Waals surface area contributed by atoms with Crippen molar-refractivity contribution >= 4 is 0 Å². The Hall–Kier alpha value is -1.61. The third-order valence-corrected chi connectivity index (χ3v) is 4.28. The number of benzene rings is 1. The maximum absolute atomic E-state index is 4.37. The van der Waals surface area contributed by atoms with Gasteiger partial charge in [0.05, 0.1) is 12.0 Å². The minimum absolute atomic E-state index is 0.495. The molecule has 0 bridgehead atoms. The van der Waals surface area contributed by atoms with E-state index < -0.39 is 0 Å². The van der Waals surface area contributed by atoms with E-state index in [-0.39, 0.29) is 0 Å². The molecule has 0 spiro atoms. The molecule has 1 N–H and O–H groups in total. The lowest BCUT2D eigenvalue weighted by molar-refractivity contribution is 0.465. The predicted octanol–water partition coefficient (Wildman–Crippen LogP) is 3.50. The van der Waals surface area contributed by atoms with Gasteiger partial charge in [-0.1, -0.05) is 30.3 Å². The SMILES string of the molecule is CC(CCc1ccccc1)n1cncc1C1CCCN1. The molecule has 3 rings (SSSR count). The molecule has 1 aliphatic rings. The smallest absolute Gasteiger partial charge is 0.0951 e. The second-order valence-corrected chi connectivity index (χ2v) is 5.75. The van der Waals surface area contributed by atoms with Crippen molar-refractivity contribution in [3.05, 3.63) is 54.1 Å². The summed E-state index contributed by atoms with van der Waals surface area (Å²) in [6, 6.07) is 11.7. The Kier molecular flexibility index (Phi) is 4.16. The standard InChI is InChI=1S/C17H23N3/c1-14(9-10-15-6-3-2-4-7-15)20-13-18-12-17(20)16-8-5-11-19-16/h2-4,6-7,12-14,16,19H,5,8-11H2,1H3. The summed E-state index contributed by atoms with van der Waals surface area (Å²) < 4.78 is 2.35. The summed E-state index contributed by atoms with van der Waals surface area (Å²) in [5.41, 5.74) is 2.77. The molecule has 1 saturated heterocycles. The molecule has 0 amide bonds. The predicted molar refractivity (Wildman–Crippen MR) is 81.7 cm³/mol. The van der Waals surface area contributed by atoms with Crippen LogP contribution < -0.4 is 5.32 Å². The highest BCUT2D eigenvalue weighted by Crippen LogP contribution is 2.26. The average Bonchev–Trinajstić information content (AvgIpc) is 3.15. The second kappa shape index (κ2) is 6.23. The van der Waals surface area contributed by atoms with Gasteiger partial charge in [-0.3, -0.25) is 0 Å². The Morgan fingerprint density at radius 2 is 2.20 bits per heavy atom. The fourth-order valence-electron chi connectivity index (χ4n) is 3.05. The van der Waals surface area contributed by atoms with Crippen LogP contribution in [0.25, 0.3) is 0 Å². The summed E-state index contributed by atoms with van der Waals surface area (Å²) in [4.78, 5) is 4.37. The molecule has 1 fully saturated rings. The molecule has 3 nitrogen and oxygen atoms in total. The van der Waals surface area contributed by atoms with Gasteiger partial charge in [-0.25, -0.2) is 4.98 Å². The normalized spacial score (nSPS) is 20.1. The molecule has 1 aliphatic heterocycles. The first-order chi connectivity index (χ1) is 9.84. The van der Waals surface area contributed by atoms with E-state index in [0.717, 1.165) is 19.4 Å². The zero-order valence-electron chi connectivity index (χ0n) is 12.1. The van der Waals surface area contributed by atoms with Crippen LogP contribution in [0.2, 0.25) is 0 Å². The lowest BCUT2D eigenvalue weighted by Gasteiger charge is -2.20. The van der Waals surface area contributed by atoms with Gasteiger partial charge >= 0.3 is 0 Å². The third-order valence-electron chi connectivity index (χ3n) is 4.28. The molecule has 2 atom stereocenters. The molecule has 106 valence electrons. The van der Waals surface area contributed by atoms with E-state index in [2.05, 4.69) is 52.1 Å².